The summed E-state index contributed by atoms with van der Waals surface area (Å²) in [5.41, 5.74) is 2.14. The molecule has 26 heavy (non-hydrogen) atoms. The van der Waals surface area contributed by atoms with Crippen molar-refractivity contribution in [3.05, 3.63) is 64.7 Å². The van der Waals surface area contributed by atoms with Crippen molar-refractivity contribution in [1.82, 2.24) is 0 Å². The number of halogens is 3. The topological polar surface area (TPSA) is 35.5 Å². The third-order valence-corrected chi connectivity index (χ3v) is 4.91. The van der Waals surface area contributed by atoms with Gasteiger partial charge in [0.25, 0.3) is 0 Å². The van der Waals surface area contributed by atoms with E-state index in [0.717, 1.165) is 28.8 Å². The first-order chi connectivity index (χ1) is 12.3. The summed E-state index contributed by atoms with van der Waals surface area (Å²) < 4.78 is 48.4. The highest BCUT2D eigenvalue weighted by Gasteiger charge is 2.35. The van der Waals surface area contributed by atoms with Gasteiger partial charge < -0.3 is 9.47 Å². The summed E-state index contributed by atoms with van der Waals surface area (Å²) in [4.78, 5) is 11.8. The molecule has 0 spiro atoms. The van der Waals surface area contributed by atoms with E-state index in [0.29, 0.717) is 12.2 Å². The molecule has 3 rings (SSSR count). The highest BCUT2D eigenvalue weighted by molar-refractivity contribution is 5.71. The molecule has 0 aliphatic heterocycles. The number of benzene rings is 2. The number of alkyl halides is 3. The van der Waals surface area contributed by atoms with E-state index in [-0.39, 0.29) is 24.2 Å². The van der Waals surface area contributed by atoms with Crippen molar-refractivity contribution in [2.75, 3.05) is 14.2 Å². The van der Waals surface area contributed by atoms with Crippen LogP contribution in [0, 0.1) is 0 Å². The monoisotopic (exact) mass is 364 g/mol. The Labute approximate surface area is 149 Å². The van der Waals surface area contributed by atoms with Crippen LogP contribution in [0.5, 0.6) is 5.75 Å². The Kier molecular flexibility index (Phi) is 4.94. The molecular formula is C20H19F3O3. The molecule has 0 radical (unpaired) electrons. The van der Waals surface area contributed by atoms with Crippen molar-refractivity contribution in [3.8, 4) is 5.75 Å². The summed E-state index contributed by atoms with van der Waals surface area (Å²) in [6.07, 6.45) is -3.48. The average molecular weight is 364 g/mol. The molecule has 0 aromatic heterocycles. The van der Waals surface area contributed by atoms with Crippen molar-refractivity contribution >= 4 is 5.97 Å². The van der Waals surface area contributed by atoms with Gasteiger partial charge >= 0.3 is 12.1 Å². The third kappa shape index (κ3) is 3.54. The van der Waals surface area contributed by atoms with Gasteiger partial charge in [0.1, 0.15) is 5.75 Å². The van der Waals surface area contributed by atoms with Crippen molar-refractivity contribution in [2.24, 2.45) is 0 Å². The fraction of sp³-hybridized carbons (Fsp3) is 0.350. The molecule has 6 heteroatoms. The second kappa shape index (κ2) is 7.02. The Hall–Kier alpha value is -2.50. The first-order valence-corrected chi connectivity index (χ1v) is 8.25. The maximum Gasteiger partial charge on any atom is 0.416 e. The summed E-state index contributed by atoms with van der Waals surface area (Å²) in [6, 6.07) is 10.9. The number of hydrogen-bond donors (Lipinski definition) is 0. The molecule has 0 heterocycles. The zero-order valence-corrected chi connectivity index (χ0v) is 14.5. The summed E-state index contributed by atoms with van der Waals surface area (Å²) >= 11 is 0. The minimum absolute atomic E-state index is 0.0557. The van der Waals surface area contributed by atoms with Gasteiger partial charge in [0.2, 0.25) is 0 Å². The predicted octanol–water partition coefficient (Wildman–Crippen LogP) is 4.90. The molecule has 138 valence electrons. The maximum absolute atomic E-state index is 12.8. The number of rotatable bonds is 4. The zero-order valence-electron chi connectivity index (χ0n) is 14.5. The lowest BCUT2D eigenvalue weighted by atomic mass is 9.91. The molecule has 3 nitrogen and oxygen atoms in total. The Morgan fingerprint density at radius 3 is 2.35 bits per heavy atom. The molecule has 0 N–H and O–H groups in total. The summed E-state index contributed by atoms with van der Waals surface area (Å²) in [5, 5.41) is 0. The van der Waals surface area contributed by atoms with Crippen molar-refractivity contribution in [1.29, 1.82) is 0 Å². The number of fused-ring (bicyclic) bond motifs is 1. The van der Waals surface area contributed by atoms with Crippen LogP contribution in [0.4, 0.5) is 13.2 Å². The third-order valence-electron chi connectivity index (χ3n) is 4.91. The number of ether oxygens (including phenoxy) is 2. The van der Waals surface area contributed by atoms with Crippen LogP contribution < -0.4 is 4.74 Å². The molecule has 2 aromatic carbocycles. The van der Waals surface area contributed by atoms with Crippen molar-refractivity contribution in [3.63, 3.8) is 0 Å². The fourth-order valence-corrected chi connectivity index (χ4v) is 3.59. The van der Waals surface area contributed by atoms with Gasteiger partial charge in [0.15, 0.2) is 0 Å². The minimum atomic E-state index is -4.35. The van der Waals surface area contributed by atoms with Gasteiger partial charge in [-0.05, 0) is 53.3 Å². The van der Waals surface area contributed by atoms with Crippen LogP contribution in [0.15, 0.2) is 42.5 Å². The van der Waals surface area contributed by atoms with Gasteiger partial charge in [-0.1, -0.05) is 18.2 Å². The summed E-state index contributed by atoms with van der Waals surface area (Å²) in [5.74, 6) is 0.260. The molecule has 1 aliphatic carbocycles. The molecule has 1 aliphatic rings. The van der Waals surface area contributed by atoms with Crippen LogP contribution in [0.25, 0.3) is 0 Å². The Morgan fingerprint density at radius 1 is 1.08 bits per heavy atom. The van der Waals surface area contributed by atoms with E-state index in [1.54, 1.807) is 7.11 Å². The first-order valence-electron chi connectivity index (χ1n) is 8.25. The first kappa shape index (κ1) is 18.3. The van der Waals surface area contributed by atoms with E-state index >= 15 is 0 Å². The molecule has 0 bridgehead atoms. The van der Waals surface area contributed by atoms with E-state index in [1.807, 2.05) is 18.2 Å². The average Bonchev–Trinajstić information content (AvgIpc) is 2.98. The second-order valence-electron chi connectivity index (χ2n) is 6.38. The largest absolute Gasteiger partial charge is 0.497 e. The highest BCUT2D eigenvalue weighted by atomic mass is 19.4. The highest BCUT2D eigenvalue weighted by Crippen LogP contribution is 2.48. The smallest absolute Gasteiger partial charge is 0.416 e. The molecular weight excluding hydrogens is 345 g/mol. The number of carbonyl (C=O) groups excluding carboxylic acids is 1. The lowest BCUT2D eigenvalue weighted by Gasteiger charge is -2.14. The quantitative estimate of drug-likeness (QED) is 0.724. The molecule has 2 aromatic rings. The normalized spacial score (nSPS) is 19.1. The summed E-state index contributed by atoms with van der Waals surface area (Å²) in [7, 11) is 2.91. The summed E-state index contributed by atoms with van der Waals surface area (Å²) in [6.45, 7) is 0. The van der Waals surface area contributed by atoms with E-state index in [2.05, 4.69) is 0 Å². The van der Waals surface area contributed by atoms with Gasteiger partial charge in [-0.3, -0.25) is 4.79 Å². The van der Waals surface area contributed by atoms with Crippen LogP contribution in [-0.4, -0.2) is 20.2 Å². The van der Waals surface area contributed by atoms with Crippen molar-refractivity contribution < 1.29 is 27.4 Å². The Bertz CT molecular complexity index is 797. The Balaban J connectivity index is 1.95. The van der Waals surface area contributed by atoms with Gasteiger partial charge in [0.05, 0.1) is 26.2 Å². The van der Waals surface area contributed by atoms with E-state index in [4.69, 9.17) is 9.47 Å². The number of methoxy groups -OCH3 is 2. The Morgan fingerprint density at radius 2 is 1.77 bits per heavy atom. The van der Waals surface area contributed by atoms with Gasteiger partial charge in [-0.15, -0.1) is 0 Å². The second-order valence-corrected chi connectivity index (χ2v) is 6.38. The number of hydrogen-bond acceptors (Lipinski definition) is 3. The molecule has 0 fully saturated rings. The minimum Gasteiger partial charge on any atom is -0.497 e. The number of carbonyl (C=O) groups is 1. The fourth-order valence-electron chi connectivity index (χ4n) is 3.59. The maximum atomic E-state index is 12.8. The van der Waals surface area contributed by atoms with E-state index in [1.165, 1.54) is 19.2 Å². The predicted molar refractivity (Wildman–Crippen MR) is 90.3 cm³/mol. The number of esters is 1. The molecule has 2 atom stereocenters. The van der Waals surface area contributed by atoms with Crippen LogP contribution >= 0.6 is 0 Å². The zero-order chi connectivity index (χ0) is 18.9. The lowest BCUT2D eigenvalue weighted by Crippen LogP contribution is -2.07. The van der Waals surface area contributed by atoms with Crippen LogP contribution in [-0.2, 0) is 15.7 Å². The van der Waals surface area contributed by atoms with E-state index < -0.39 is 11.7 Å². The van der Waals surface area contributed by atoms with Gasteiger partial charge in [-0.25, -0.2) is 0 Å². The van der Waals surface area contributed by atoms with E-state index in [9.17, 15) is 18.0 Å². The lowest BCUT2D eigenvalue weighted by molar-refractivity contribution is -0.141. The molecule has 0 saturated heterocycles. The van der Waals surface area contributed by atoms with Gasteiger partial charge in [0, 0.05) is 5.92 Å². The molecule has 0 amide bonds. The van der Waals surface area contributed by atoms with Crippen molar-refractivity contribution in [2.45, 2.75) is 30.9 Å². The van der Waals surface area contributed by atoms with Crippen LogP contribution in [0.2, 0.25) is 0 Å². The van der Waals surface area contributed by atoms with Gasteiger partial charge in [-0.2, -0.15) is 13.2 Å². The molecule has 0 saturated carbocycles. The standard InChI is InChI=1S/C20H19F3O3/c1-25-15-7-8-16-17(9-13(18(16)11-15)10-19(24)26-2)12-3-5-14(6-4-12)20(21,22)23/h3-8,11,13,17H,9-10H2,1-2H3. The van der Waals surface area contributed by atoms with Crippen LogP contribution in [0.3, 0.4) is 0 Å². The van der Waals surface area contributed by atoms with Crippen LogP contribution in [0.1, 0.15) is 46.9 Å². The molecule has 2 unspecified atom stereocenters. The SMILES string of the molecule is COC(=O)CC1CC(c2ccc(C(F)(F)F)cc2)c2ccc(OC)cc21.